The molecule has 5 heteroatoms. The average molecular weight is 287 g/mol. The van der Waals surface area contributed by atoms with Gasteiger partial charge in [-0.15, -0.1) is 5.88 Å². The molecule has 0 N–H and O–H groups in total. The van der Waals surface area contributed by atoms with Crippen LogP contribution in [-0.4, -0.2) is 99.0 Å². The van der Waals surface area contributed by atoms with Crippen LogP contribution in [0.1, 0.15) is 12.8 Å². The Hall–Kier alpha value is 0.190. The predicted molar refractivity (Wildman–Crippen MR) is 85.5 cm³/mol. The molecule has 0 aromatic rings. The first-order valence-corrected chi connectivity index (χ1v) is 8.05. The minimum absolute atomic E-state index is 0.764. The van der Waals surface area contributed by atoms with Crippen molar-refractivity contribution in [3.63, 3.8) is 0 Å². The monoisotopic (exact) mass is 287 g/mol. The van der Waals surface area contributed by atoms with Crippen molar-refractivity contribution in [1.82, 2.24) is 19.6 Å². The van der Waals surface area contributed by atoms with Gasteiger partial charge in [0.2, 0.25) is 0 Å². The molecule has 0 aromatic carbocycles. The van der Waals surface area contributed by atoms with Crippen molar-refractivity contribution < 1.29 is 0 Å². The zero-order valence-corrected chi connectivity index (χ0v) is 13.8. The maximum atomic E-state index is 5.23. The largest absolute Gasteiger partial charge is 0.777 e. The van der Waals surface area contributed by atoms with E-state index < -0.39 is 0 Å². The molecule has 0 bridgehead atoms. The van der Waals surface area contributed by atoms with Crippen LogP contribution in [0.2, 0.25) is 0 Å². The van der Waals surface area contributed by atoms with Crippen molar-refractivity contribution in [2.75, 3.05) is 79.4 Å². The summed E-state index contributed by atoms with van der Waals surface area (Å²) in [6.45, 7) is 9.28. The summed E-state index contributed by atoms with van der Waals surface area (Å²) in [5.41, 5.74) is 0. The molecular weight excluding hydrogens is 256 g/mol. The number of hydrogen-bond acceptors (Lipinski definition) is 5. The van der Waals surface area contributed by atoms with Crippen LogP contribution in [0.4, 0.5) is 0 Å². The Morgan fingerprint density at radius 2 is 1.05 bits per heavy atom. The molecule has 0 aliphatic carbocycles. The lowest BCUT2D eigenvalue weighted by atomic mass is 10.3. The zero-order valence-electron chi connectivity index (χ0n) is 13.0. The first kappa shape index (κ1) is 17.2. The highest BCUT2D eigenvalue weighted by molar-refractivity contribution is 7.58. The van der Waals surface area contributed by atoms with Crippen molar-refractivity contribution >= 4 is 12.6 Å². The molecule has 0 amide bonds. The summed E-state index contributed by atoms with van der Waals surface area (Å²) in [6, 6.07) is 0. The van der Waals surface area contributed by atoms with E-state index in [4.69, 9.17) is 12.6 Å². The standard InChI is InChI=1S/C14H32N4S/c1-15-6-4-7-17(3)12-13-18(14-19)9-5-8-16(2)11-10-15/h19H,4-14H2,1-3H3/p-1. The molecule has 1 heterocycles. The molecule has 1 rings (SSSR count). The van der Waals surface area contributed by atoms with Crippen molar-refractivity contribution in [3.05, 3.63) is 0 Å². The molecule has 1 saturated heterocycles. The average Bonchev–Trinajstić information content (AvgIpc) is 2.39. The topological polar surface area (TPSA) is 13.0 Å². The summed E-state index contributed by atoms with van der Waals surface area (Å²) in [6.07, 6.45) is 2.48. The van der Waals surface area contributed by atoms with Gasteiger partial charge in [-0.05, 0) is 60.2 Å². The third-order valence-corrected chi connectivity index (χ3v) is 4.30. The predicted octanol–water partition coefficient (Wildman–Crippen LogP) is 0.382. The van der Waals surface area contributed by atoms with Crippen LogP contribution < -0.4 is 0 Å². The van der Waals surface area contributed by atoms with Gasteiger partial charge < -0.3 is 32.2 Å². The number of rotatable bonds is 1. The van der Waals surface area contributed by atoms with Gasteiger partial charge in [0.15, 0.2) is 0 Å². The van der Waals surface area contributed by atoms with Gasteiger partial charge in [0.05, 0.1) is 0 Å². The van der Waals surface area contributed by atoms with E-state index in [2.05, 4.69) is 40.7 Å². The van der Waals surface area contributed by atoms with Gasteiger partial charge >= 0.3 is 0 Å². The van der Waals surface area contributed by atoms with E-state index >= 15 is 0 Å². The van der Waals surface area contributed by atoms with E-state index in [1.807, 2.05) is 0 Å². The van der Waals surface area contributed by atoms with Crippen LogP contribution in [-0.2, 0) is 12.6 Å². The molecule has 4 nitrogen and oxygen atoms in total. The van der Waals surface area contributed by atoms with Crippen LogP contribution in [0.15, 0.2) is 0 Å². The lowest BCUT2D eigenvalue weighted by Crippen LogP contribution is -2.38. The normalized spacial score (nSPS) is 25.3. The van der Waals surface area contributed by atoms with Crippen molar-refractivity contribution in [2.45, 2.75) is 12.8 Å². The van der Waals surface area contributed by atoms with Crippen molar-refractivity contribution in [3.8, 4) is 0 Å². The maximum absolute atomic E-state index is 5.23. The van der Waals surface area contributed by atoms with E-state index in [0.29, 0.717) is 0 Å². The SMILES string of the molecule is CN1CCCN(C)CCN(C[S-])CCCN(C)CC1. The minimum atomic E-state index is 0.764. The third-order valence-electron chi connectivity index (χ3n) is 3.94. The van der Waals surface area contributed by atoms with Gasteiger partial charge in [-0.2, -0.15) is 0 Å². The van der Waals surface area contributed by atoms with E-state index in [0.717, 1.165) is 25.5 Å². The van der Waals surface area contributed by atoms with E-state index in [-0.39, 0.29) is 0 Å². The van der Waals surface area contributed by atoms with Crippen LogP contribution in [0.25, 0.3) is 0 Å². The quantitative estimate of drug-likeness (QED) is 0.645. The molecule has 1 fully saturated rings. The summed E-state index contributed by atoms with van der Waals surface area (Å²) in [4.78, 5) is 9.73. The van der Waals surface area contributed by atoms with E-state index in [9.17, 15) is 0 Å². The zero-order chi connectivity index (χ0) is 14.1. The molecule has 1 aliphatic heterocycles. The fraction of sp³-hybridized carbons (Fsp3) is 1.00. The molecule has 0 aromatic heterocycles. The second-order valence-corrected chi connectivity index (χ2v) is 6.12. The third kappa shape index (κ3) is 8.15. The van der Waals surface area contributed by atoms with Gasteiger partial charge in [-0.25, -0.2) is 0 Å². The highest BCUT2D eigenvalue weighted by Gasteiger charge is 2.07. The lowest BCUT2D eigenvalue weighted by Gasteiger charge is -2.30. The Labute approximate surface area is 125 Å². The molecule has 0 unspecified atom stereocenters. The van der Waals surface area contributed by atoms with Gasteiger partial charge in [0, 0.05) is 26.2 Å². The molecule has 1 aliphatic rings. The summed E-state index contributed by atoms with van der Waals surface area (Å²) < 4.78 is 0. The van der Waals surface area contributed by atoms with Gasteiger partial charge in [-0.3, -0.25) is 0 Å². The van der Waals surface area contributed by atoms with Gasteiger partial charge in [0.1, 0.15) is 0 Å². The van der Waals surface area contributed by atoms with Crippen molar-refractivity contribution in [2.24, 2.45) is 0 Å². The fourth-order valence-electron chi connectivity index (χ4n) is 2.40. The molecule has 0 saturated carbocycles. The van der Waals surface area contributed by atoms with Gasteiger partial charge in [-0.1, -0.05) is 0 Å². The van der Waals surface area contributed by atoms with Gasteiger partial charge in [0.25, 0.3) is 0 Å². The summed E-state index contributed by atoms with van der Waals surface area (Å²) in [7, 11) is 6.69. The number of hydrogen-bond donors (Lipinski definition) is 0. The molecule has 0 radical (unpaired) electrons. The lowest BCUT2D eigenvalue weighted by molar-refractivity contribution is 0.203. The van der Waals surface area contributed by atoms with Crippen LogP contribution in [0.3, 0.4) is 0 Å². The Morgan fingerprint density at radius 1 is 0.632 bits per heavy atom. The second-order valence-electron chi connectivity index (χ2n) is 5.86. The van der Waals surface area contributed by atoms with Crippen LogP contribution >= 0.6 is 0 Å². The summed E-state index contributed by atoms with van der Waals surface area (Å²) >= 11 is 5.23. The molecule has 0 spiro atoms. The first-order chi connectivity index (χ1) is 9.11. The van der Waals surface area contributed by atoms with E-state index in [1.54, 1.807) is 0 Å². The Bertz CT molecular complexity index is 227. The van der Waals surface area contributed by atoms with Crippen LogP contribution in [0, 0.1) is 0 Å². The molecular formula is C14H31N4S-. The smallest absolute Gasteiger partial charge is 0.0106 e. The summed E-state index contributed by atoms with van der Waals surface area (Å²) in [5.74, 6) is 0.764. The first-order valence-electron chi connectivity index (χ1n) is 7.48. The second kappa shape index (κ2) is 10.00. The maximum Gasteiger partial charge on any atom is 0.0106 e. The Balaban J connectivity index is 2.41. The highest BCUT2D eigenvalue weighted by Crippen LogP contribution is 1.98. The van der Waals surface area contributed by atoms with Crippen LogP contribution in [0.5, 0.6) is 0 Å². The van der Waals surface area contributed by atoms with E-state index in [1.165, 1.54) is 45.6 Å². The molecule has 0 atom stereocenters. The highest BCUT2D eigenvalue weighted by atomic mass is 32.1. The molecule has 19 heavy (non-hydrogen) atoms. The molecule has 114 valence electrons. The Kier molecular flexibility index (Phi) is 9.07. The number of likely N-dealkylation sites (N-methyl/N-ethyl adjacent to an activating group) is 3. The van der Waals surface area contributed by atoms with Crippen molar-refractivity contribution in [1.29, 1.82) is 0 Å². The summed E-state index contributed by atoms with van der Waals surface area (Å²) in [5, 5.41) is 0. The fourth-order valence-corrected chi connectivity index (χ4v) is 2.66. The minimum Gasteiger partial charge on any atom is -0.777 e. The Morgan fingerprint density at radius 3 is 1.53 bits per heavy atom. The number of nitrogens with zero attached hydrogens (tertiary/aromatic N) is 4.